The smallest absolute Gasteiger partial charge is 0.321 e. The van der Waals surface area contributed by atoms with Gasteiger partial charge in [0.05, 0.1) is 18.1 Å². The third-order valence-electron chi connectivity index (χ3n) is 3.38. The van der Waals surface area contributed by atoms with E-state index in [0.29, 0.717) is 12.1 Å². The van der Waals surface area contributed by atoms with Crippen molar-refractivity contribution in [3.05, 3.63) is 33.9 Å². The fraction of sp³-hybridized carbons (Fsp3) is 0.429. The molecule has 0 fully saturated rings. The number of methoxy groups -OCH3 is 1. The zero-order valence-corrected chi connectivity index (χ0v) is 13.5. The average molecular weight is 324 g/mol. The predicted molar refractivity (Wildman–Crippen MR) is 83.2 cm³/mol. The van der Waals surface area contributed by atoms with E-state index in [9.17, 15) is 19.7 Å². The number of benzene rings is 1. The molecular formula is C14H20N4O5. The minimum atomic E-state index is -0.589. The van der Waals surface area contributed by atoms with Gasteiger partial charge in [-0.3, -0.25) is 25.1 Å². The number of urea groups is 1. The van der Waals surface area contributed by atoms with Crippen LogP contribution >= 0.6 is 0 Å². The molecule has 0 spiro atoms. The van der Waals surface area contributed by atoms with Gasteiger partial charge in [-0.1, -0.05) is 6.07 Å². The Kier molecular flexibility index (Phi) is 6.46. The monoisotopic (exact) mass is 324 g/mol. The molecule has 0 aliphatic carbocycles. The Hall–Kier alpha value is -2.68. The largest absolute Gasteiger partial charge is 0.490 e. The van der Waals surface area contributed by atoms with Crippen molar-refractivity contribution in [2.24, 2.45) is 0 Å². The topological polar surface area (TPSA) is 114 Å². The molecule has 1 rings (SSSR count). The summed E-state index contributed by atoms with van der Waals surface area (Å²) in [6, 6.07) is 3.42. The molecule has 0 aliphatic heterocycles. The highest BCUT2D eigenvalue weighted by atomic mass is 16.6. The predicted octanol–water partition coefficient (Wildman–Crippen LogP) is 0.879. The van der Waals surface area contributed by atoms with Crippen LogP contribution in [-0.2, 0) is 11.3 Å². The maximum Gasteiger partial charge on any atom is 0.321 e. The van der Waals surface area contributed by atoms with Crippen molar-refractivity contribution in [1.29, 1.82) is 0 Å². The summed E-state index contributed by atoms with van der Waals surface area (Å²) in [5.74, 6) is -0.290. The standard InChI is InChI=1S/C14H20N4O5/c1-9(13(19)16-14(20)15-2)17(3)8-10-5-6-12(23-4)11(7-10)18(21)22/h5-7,9H,8H2,1-4H3,(H2,15,16,19,20). The number of ether oxygens (including phenoxy) is 1. The molecule has 0 saturated carbocycles. The second-order valence-corrected chi connectivity index (χ2v) is 4.92. The summed E-state index contributed by atoms with van der Waals surface area (Å²) in [5, 5.41) is 15.5. The number of likely N-dealkylation sites (N-methyl/N-ethyl adjacent to an activating group) is 1. The quantitative estimate of drug-likeness (QED) is 0.593. The third kappa shape index (κ3) is 4.92. The van der Waals surface area contributed by atoms with E-state index in [1.807, 2.05) is 0 Å². The summed E-state index contributed by atoms with van der Waals surface area (Å²) < 4.78 is 4.94. The first kappa shape index (κ1) is 18.4. The molecule has 1 aromatic carbocycles. The summed E-state index contributed by atoms with van der Waals surface area (Å²) in [5.41, 5.74) is 0.514. The van der Waals surface area contributed by atoms with Gasteiger partial charge < -0.3 is 10.1 Å². The first-order valence-corrected chi connectivity index (χ1v) is 6.84. The SMILES string of the molecule is CNC(=O)NC(=O)C(C)N(C)Cc1ccc(OC)c([N+](=O)[O-])c1. The van der Waals surface area contributed by atoms with Crippen LogP contribution in [0.5, 0.6) is 5.75 Å². The molecule has 1 aromatic rings. The number of nitrogens with one attached hydrogen (secondary N) is 2. The molecule has 0 aliphatic rings. The summed E-state index contributed by atoms with van der Waals surface area (Å²) >= 11 is 0. The highest BCUT2D eigenvalue weighted by Crippen LogP contribution is 2.28. The van der Waals surface area contributed by atoms with Crippen molar-refractivity contribution in [2.75, 3.05) is 21.2 Å². The number of hydrogen-bond acceptors (Lipinski definition) is 6. The van der Waals surface area contributed by atoms with E-state index in [2.05, 4.69) is 10.6 Å². The van der Waals surface area contributed by atoms with Crippen LogP contribution in [0.25, 0.3) is 0 Å². The van der Waals surface area contributed by atoms with Crippen molar-refractivity contribution in [3.8, 4) is 5.75 Å². The Morgan fingerprint density at radius 3 is 2.61 bits per heavy atom. The maximum atomic E-state index is 11.9. The Balaban J connectivity index is 2.82. The fourth-order valence-corrected chi connectivity index (χ4v) is 1.88. The molecule has 9 heteroatoms. The van der Waals surface area contributed by atoms with E-state index in [0.717, 1.165) is 0 Å². The van der Waals surface area contributed by atoms with Gasteiger partial charge in [-0.15, -0.1) is 0 Å². The Labute approximate surface area is 133 Å². The minimum absolute atomic E-state index is 0.138. The molecule has 23 heavy (non-hydrogen) atoms. The minimum Gasteiger partial charge on any atom is -0.490 e. The maximum absolute atomic E-state index is 11.9. The number of rotatable bonds is 6. The van der Waals surface area contributed by atoms with Crippen molar-refractivity contribution >= 4 is 17.6 Å². The van der Waals surface area contributed by atoms with Crippen LogP contribution in [0.15, 0.2) is 18.2 Å². The van der Waals surface area contributed by atoms with E-state index < -0.39 is 22.9 Å². The molecule has 0 aromatic heterocycles. The lowest BCUT2D eigenvalue weighted by Gasteiger charge is -2.23. The molecule has 2 N–H and O–H groups in total. The first-order valence-electron chi connectivity index (χ1n) is 6.84. The number of nitro groups is 1. The highest BCUT2D eigenvalue weighted by Gasteiger charge is 2.21. The van der Waals surface area contributed by atoms with E-state index in [4.69, 9.17) is 4.74 Å². The third-order valence-corrected chi connectivity index (χ3v) is 3.38. The van der Waals surface area contributed by atoms with Crippen LogP contribution in [-0.4, -0.2) is 49.0 Å². The van der Waals surface area contributed by atoms with Crippen LogP contribution in [0.2, 0.25) is 0 Å². The molecule has 1 unspecified atom stereocenters. The van der Waals surface area contributed by atoms with Crippen LogP contribution < -0.4 is 15.4 Å². The number of nitro benzene ring substituents is 1. The number of imide groups is 1. The van der Waals surface area contributed by atoms with Crippen LogP contribution in [0.1, 0.15) is 12.5 Å². The van der Waals surface area contributed by atoms with Gasteiger partial charge in [-0.2, -0.15) is 0 Å². The van der Waals surface area contributed by atoms with Crippen LogP contribution in [0.3, 0.4) is 0 Å². The lowest BCUT2D eigenvalue weighted by Crippen LogP contribution is -2.47. The molecule has 126 valence electrons. The zero-order chi connectivity index (χ0) is 17.6. The summed E-state index contributed by atoms with van der Waals surface area (Å²) in [4.78, 5) is 35.2. The van der Waals surface area contributed by atoms with E-state index in [-0.39, 0.29) is 11.4 Å². The number of carbonyl (C=O) groups excluding carboxylic acids is 2. The summed E-state index contributed by atoms with van der Waals surface area (Å²) in [6.07, 6.45) is 0. The first-order chi connectivity index (χ1) is 10.8. The Bertz CT molecular complexity index is 605. The van der Waals surface area contributed by atoms with E-state index in [1.54, 1.807) is 24.9 Å². The molecule has 0 bridgehead atoms. The van der Waals surface area contributed by atoms with Gasteiger partial charge in [0.15, 0.2) is 5.75 Å². The van der Waals surface area contributed by atoms with Crippen molar-refractivity contribution in [1.82, 2.24) is 15.5 Å². The summed E-state index contributed by atoms with van der Waals surface area (Å²) in [6.45, 7) is 1.93. The highest BCUT2D eigenvalue weighted by molar-refractivity contribution is 5.96. The van der Waals surface area contributed by atoms with Crippen molar-refractivity contribution < 1.29 is 19.2 Å². The molecule has 3 amide bonds. The Morgan fingerprint density at radius 1 is 1.43 bits per heavy atom. The molecule has 0 heterocycles. The number of carbonyl (C=O) groups is 2. The molecule has 1 atom stereocenters. The summed E-state index contributed by atoms with van der Waals surface area (Å²) in [7, 11) is 4.46. The van der Waals surface area contributed by atoms with Gasteiger partial charge in [-0.05, 0) is 25.6 Å². The lowest BCUT2D eigenvalue weighted by atomic mass is 10.1. The van der Waals surface area contributed by atoms with Crippen LogP contribution in [0, 0.1) is 10.1 Å². The molecule has 0 saturated heterocycles. The second-order valence-electron chi connectivity index (χ2n) is 4.92. The average Bonchev–Trinajstić information content (AvgIpc) is 2.53. The fourth-order valence-electron chi connectivity index (χ4n) is 1.88. The molecular weight excluding hydrogens is 304 g/mol. The molecule has 9 nitrogen and oxygen atoms in total. The lowest BCUT2D eigenvalue weighted by molar-refractivity contribution is -0.385. The van der Waals surface area contributed by atoms with E-state index >= 15 is 0 Å². The van der Waals surface area contributed by atoms with E-state index in [1.165, 1.54) is 26.3 Å². The number of hydrogen-bond donors (Lipinski definition) is 2. The van der Waals surface area contributed by atoms with Crippen molar-refractivity contribution in [2.45, 2.75) is 19.5 Å². The van der Waals surface area contributed by atoms with Gasteiger partial charge in [0, 0.05) is 19.7 Å². The zero-order valence-electron chi connectivity index (χ0n) is 13.5. The van der Waals surface area contributed by atoms with Gasteiger partial charge in [0.25, 0.3) is 0 Å². The molecule has 0 radical (unpaired) electrons. The van der Waals surface area contributed by atoms with Crippen molar-refractivity contribution in [3.63, 3.8) is 0 Å². The van der Waals surface area contributed by atoms with Crippen LogP contribution in [0.4, 0.5) is 10.5 Å². The van der Waals surface area contributed by atoms with Gasteiger partial charge in [-0.25, -0.2) is 4.79 Å². The Morgan fingerprint density at radius 2 is 2.09 bits per heavy atom. The number of nitrogens with zero attached hydrogens (tertiary/aromatic N) is 2. The van der Waals surface area contributed by atoms with Gasteiger partial charge in [0.1, 0.15) is 0 Å². The normalized spacial score (nSPS) is 11.7. The number of amides is 3. The van der Waals surface area contributed by atoms with Gasteiger partial charge in [0.2, 0.25) is 5.91 Å². The second kappa shape index (κ2) is 8.08. The van der Waals surface area contributed by atoms with Gasteiger partial charge >= 0.3 is 11.7 Å².